The van der Waals surface area contributed by atoms with Gasteiger partial charge in [0.15, 0.2) is 0 Å². The number of rotatable bonds is 2. The number of carboxylic acid groups (broad SMARTS) is 1. The monoisotopic (exact) mass is 314 g/mol. The molecule has 2 aliphatic rings. The van der Waals surface area contributed by atoms with E-state index < -0.39 is 17.3 Å². The van der Waals surface area contributed by atoms with E-state index in [-0.39, 0.29) is 11.2 Å². The summed E-state index contributed by atoms with van der Waals surface area (Å²) in [6.45, 7) is 8.17. The van der Waals surface area contributed by atoms with Crippen LogP contribution < -0.4 is 0 Å². The van der Waals surface area contributed by atoms with E-state index in [0.717, 1.165) is 18.4 Å². The van der Waals surface area contributed by atoms with Crippen molar-refractivity contribution in [2.24, 2.45) is 11.3 Å². The summed E-state index contributed by atoms with van der Waals surface area (Å²) in [6.07, 6.45) is 2.71. The quantitative estimate of drug-likeness (QED) is 0.894. The highest BCUT2D eigenvalue weighted by Crippen LogP contribution is 2.56. The van der Waals surface area contributed by atoms with E-state index in [0.29, 0.717) is 18.8 Å². The summed E-state index contributed by atoms with van der Waals surface area (Å²) in [5, 5.41) is 9.78. The van der Waals surface area contributed by atoms with Crippen molar-refractivity contribution in [3.05, 3.63) is 34.9 Å². The van der Waals surface area contributed by atoms with Crippen LogP contribution in [0.15, 0.2) is 18.2 Å². The Morgan fingerprint density at radius 2 is 1.96 bits per heavy atom. The Morgan fingerprint density at radius 1 is 1.26 bits per heavy atom. The molecule has 124 valence electrons. The first-order valence-corrected chi connectivity index (χ1v) is 8.59. The van der Waals surface area contributed by atoms with Crippen molar-refractivity contribution in [3.8, 4) is 0 Å². The van der Waals surface area contributed by atoms with Crippen LogP contribution in [0, 0.1) is 11.3 Å². The van der Waals surface area contributed by atoms with Crippen molar-refractivity contribution >= 4 is 11.8 Å². The van der Waals surface area contributed by atoms with Crippen LogP contribution in [0.5, 0.6) is 0 Å². The highest BCUT2D eigenvalue weighted by molar-refractivity contribution is 5.93. The first-order chi connectivity index (χ1) is 10.7. The third-order valence-electron chi connectivity index (χ3n) is 6.25. The Morgan fingerprint density at radius 3 is 2.57 bits per heavy atom. The molecule has 0 amide bonds. The molecular formula is C20H26O3. The van der Waals surface area contributed by atoms with Crippen LogP contribution in [0.3, 0.4) is 0 Å². The van der Waals surface area contributed by atoms with Crippen LogP contribution in [0.2, 0.25) is 0 Å². The predicted octanol–water partition coefficient (Wildman–Crippen LogP) is 4.08. The maximum atomic E-state index is 12.9. The molecule has 3 atom stereocenters. The van der Waals surface area contributed by atoms with Crippen LogP contribution in [-0.2, 0) is 21.4 Å². The lowest BCUT2D eigenvalue weighted by molar-refractivity contribution is -0.161. The molecule has 0 aliphatic heterocycles. The first-order valence-electron chi connectivity index (χ1n) is 8.59. The highest BCUT2D eigenvalue weighted by atomic mass is 16.4. The topological polar surface area (TPSA) is 54.4 Å². The molecule has 2 unspecified atom stereocenters. The number of Topliss-reactive ketones (excluding diaryl/α,β-unsaturated/α-hetero) is 1. The van der Waals surface area contributed by atoms with Crippen molar-refractivity contribution < 1.29 is 14.7 Å². The van der Waals surface area contributed by atoms with Gasteiger partial charge in [-0.15, -0.1) is 0 Å². The van der Waals surface area contributed by atoms with Gasteiger partial charge in [-0.1, -0.05) is 45.4 Å². The zero-order chi connectivity index (χ0) is 17.0. The van der Waals surface area contributed by atoms with Crippen LogP contribution in [0.1, 0.15) is 69.6 Å². The summed E-state index contributed by atoms with van der Waals surface area (Å²) in [4.78, 5) is 24.9. The summed E-state index contributed by atoms with van der Waals surface area (Å²) < 4.78 is 0. The number of carbonyl (C=O) groups is 2. The lowest BCUT2D eigenvalue weighted by Gasteiger charge is -2.52. The van der Waals surface area contributed by atoms with Crippen molar-refractivity contribution in [2.75, 3.05) is 0 Å². The molecule has 1 aromatic carbocycles. The largest absolute Gasteiger partial charge is 0.481 e. The molecule has 1 N–H and O–H groups in total. The summed E-state index contributed by atoms with van der Waals surface area (Å²) in [7, 11) is 0. The van der Waals surface area contributed by atoms with Gasteiger partial charge in [0.2, 0.25) is 0 Å². The molecule has 23 heavy (non-hydrogen) atoms. The van der Waals surface area contributed by atoms with Gasteiger partial charge in [0.1, 0.15) is 5.78 Å². The zero-order valence-corrected chi connectivity index (χ0v) is 14.5. The van der Waals surface area contributed by atoms with E-state index >= 15 is 0 Å². The molecule has 1 aromatic rings. The minimum Gasteiger partial charge on any atom is -0.481 e. The number of hydrogen-bond acceptors (Lipinski definition) is 2. The smallest absolute Gasteiger partial charge is 0.310 e. The summed E-state index contributed by atoms with van der Waals surface area (Å²) in [5.74, 6) is -0.718. The minimum absolute atomic E-state index is 0.102. The fraction of sp³-hybridized carbons (Fsp3) is 0.600. The van der Waals surface area contributed by atoms with Gasteiger partial charge in [-0.25, -0.2) is 0 Å². The van der Waals surface area contributed by atoms with Gasteiger partial charge in [-0.3, -0.25) is 9.59 Å². The number of carboxylic acids is 1. The van der Waals surface area contributed by atoms with Gasteiger partial charge in [0, 0.05) is 17.8 Å². The molecule has 3 nitrogen and oxygen atoms in total. The Kier molecular flexibility index (Phi) is 3.66. The average Bonchev–Trinajstić information content (AvgIpc) is 2.46. The van der Waals surface area contributed by atoms with Gasteiger partial charge >= 0.3 is 5.97 Å². The van der Waals surface area contributed by atoms with Crippen molar-refractivity contribution in [1.29, 1.82) is 0 Å². The molecule has 2 aliphatic carbocycles. The Bertz CT molecular complexity index is 675. The molecular weight excluding hydrogens is 288 g/mol. The number of benzene rings is 1. The molecule has 0 aromatic heterocycles. The second-order valence-corrected chi connectivity index (χ2v) is 8.14. The third kappa shape index (κ3) is 2.24. The maximum Gasteiger partial charge on any atom is 0.310 e. The van der Waals surface area contributed by atoms with Gasteiger partial charge in [-0.05, 0) is 42.4 Å². The van der Waals surface area contributed by atoms with Crippen molar-refractivity contribution in [3.63, 3.8) is 0 Å². The summed E-state index contributed by atoms with van der Waals surface area (Å²) in [5.41, 5.74) is 2.24. The van der Waals surface area contributed by atoms with E-state index in [4.69, 9.17) is 0 Å². The molecule has 0 saturated heterocycles. The maximum absolute atomic E-state index is 12.9. The SMILES string of the molecule is CC(C)c1ccc2c(c1)CC(=O)C1C2(C)CCC[C@@]1(C)C(=O)O. The Labute approximate surface area is 138 Å². The molecule has 1 fully saturated rings. The molecule has 0 radical (unpaired) electrons. The van der Waals surface area contributed by atoms with Gasteiger partial charge in [-0.2, -0.15) is 0 Å². The number of hydrogen-bond donors (Lipinski definition) is 1. The second-order valence-electron chi connectivity index (χ2n) is 8.14. The predicted molar refractivity (Wildman–Crippen MR) is 89.7 cm³/mol. The number of carbonyl (C=O) groups excluding carboxylic acids is 1. The molecule has 3 heteroatoms. The van der Waals surface area contributed by atoms with Crippen LogP contribution in [-0.4, -0.2) is 16.9 Å². The third-order valence-corrected chi connectivity index (χ3v) is 6.25. The van der Waals surface area contributed by atoms with Gasteiger partial charge in [0.25, 0.3) is 0 Å². The number of ketones is 1. The van der Waals surface area contributed by atoms with E-state index in [1.165, 1.54) is 11.1 Å². The van der Waals surface area contributed by atoms with Gasteiger partial charge in [0.05, 0.1) is 5.41 Å². The summed E-state index contributed by atoms with van der Waals surface area (Å²) >= 11 is 0. The normalized spacial score (nSPS) is 33.3. The number of aliphatic carboxylic acids is 1. The van der Waals surface area contributed by atoms with E-state index in [2.05, 4.69) is 39.0 Å². The molecule has 1 saturated carbocycles. The molecule has 0 spiro atoms. The zero-order valence-electron chi connectivity index (χ0n) is 14.5. The number of fused-ring (bicyclic) bond motifs is 3. The standard InChI is InChI=1S/C20H26O3/c1-12(2)13-6-7-15-14(10-13)11-16(21)17-19(15,3)8-5-9-20(17,4)18(22)23/h6-7,10,12,17H,5,8-9,11H2,1-4H3,(H,22,23)/t17?,19?,20-/m1/s1. The summed E-state index contributed by atoms with van der Waals surface area (Å²) in [6, 6.07) is 6.46. The van der Waals surface area contributed by atoms with Crippen LogP contribution in [0.4, 0.5) is 0 Å². The lowest BCUT2D eigenvalue weighted by Crippen LogP contribution is -2.56. The van der Waals surface area contributed by atoms with Gasteiger partial charge < -0.3 is 5.11 Å². The van der Waals surface area contributed by atoms with Crippen LogP contribution >= 0.6 is 0 Å². The average molecular weight is 314 g/mol. The lowest BCUT2D eigenvalue weighted by atomic mass is 9.49. The Hall–Kier alpha value is -1.64. The van der Waals surface area contributed by atoms with Crippen molar-refractivity contribution in [1.82, 2.24) is 0 Å². The first kappa shape index (κ1) is 16.2. The highest BCUT2D eigenvalue weighted by Gasteiger charge is 2.58. The van der Waals surface area contributed by atoms with Crippen molar-refractivity contribution in [2.45, 2.75) is 64.7 Å². The minimum atomic E-state index is -0.946. The molecule has 0 heterocycles. The fourth-order valence-corrected chi connectivity index (χ4v) is 5.01. The van der Waals surface area contributed by atoms with E-state index in [9.17, 15) is 14.7 Å². The second kappa shape index (κ2) is 5.19. The van der Waals surface area contributed by atoms with E-state index in [1.54, 1.807) is 6.92 Å². The fourth-order valence-electron chi connectivity index (χ4n) is 5.01. The van der Waals surface area contributed by atoms with Crippen LogP contribution in [0.25, 0.3) is 0 Å². The molecule has 3 rings (SSSR count). The van der Waals surface area contributed by atoms with E-state index in [1.807, 2.05) is 0 Å². The Balaban J connectivity index is 2.16. The molecule has 0 bridgehead atoms.